The van der Waals surface area contributed by atoms with Crippen molar-refractivity contribution in [3.05, 3.63) is 45.8 Å². The van der Waals surface area contributed by atoms with E-state index in [2.05, 4.69) is 19.1 Å². The van der Waals surface area contributed by atoms with Gasteiger partial charge in [-0.3, -0.25) is 0 Å². The van der Waals surface area contributed by atoms with Gasteiger partial charge in [-0.1, -0.05) is 23.7 Å². The van der Waals surface area contributed by atoms with E-state index in [0.29, 0.717) is 5.02 Å². The van der Waals surface area contributed by atoms with Crippen molar-refractivity contribution in [2.75, 3.05) is 0 Å². The molecule has 0 atom stereocenters. The van der Waals surface area contributed by atoms with E-state index in [9.17, 15) is 0 Å². The summed E-state index contributed by atoms with van der Waals surface area (Å²) < 4.78 is 0. The fourth-order valence-corrected chi connectivity index (χ4v) is 2.52. The molecule has 0 aliphatic rings. The predicted octanol–water partition coefficient (Wildman–Crippen LogP) is 3.87. The van der Waals surface area contributed by atoms with E-state index in [1.54, 1.807) is 11.3 Å². The molecule has 3 heteroatoms. The fourth-order valence-electron chi connectivity index (χ4n) is 1.42. The zero-order valence-electron chi connectivity index (χ0n) is 8.33. The predicted molar refractivity (Wildman–Crippen MR) is 65.4 cm³/mol. The van der Waals surface area contributed by atoms with Crippen molar-refractivity contribution in [3.8, 4) is 10.4 Å². The summed E-state index contributed by atoms with van der Waals surface area (Å²) in [5.74, 6) is 0. The first kappa shape index (κ1) is 10.7. The molecule has 1 heterocycles. The highest BCUT2D eigenvalue weighted by Gasteiger charge is 2.04. The molecule has 1 N–H and O–H groups in total. The second-order valence-electron chi connectivity index (χ2n) is 3.37. The van der Waals surface area contributed by atoms with Crippen LogP contribution in [0.3, 0.4) is 0 Å². The van der Waals surface area contributed by atoms with Crippen LogP contribution < -0.4 is 0 Å². The number of rotatable bonds is 2. The van der Waals surface area contributed by atoms with Gasteiger partial charge < -0.3 is 5.11 Å². The number of thiophene rings is 1. The molecule has 0 aliphatic heterocycles. The third-order valence-electron chi connectivity index (χ3n) is 2.25. The van der Waals surface area contributed by atoms with Gasteiger partial charge in [-0.25, -0.2) is 0 Å². The van der Waals surface area contributed by atoms with Gasteiger partial charge in [0.2, 0.25) is 0 Å². The molecule has 78 valence electrons. The second kappa shape index (κ2) is 4.35. The van der Waals surface area contributed by atoms with Crippen LogP contribution in [0, 0.1) is 6.92 Å². The van der Waals surface area contributed by atoms with Crippen molar-refractivity contribution in [2.24, 2.45) is 0 Å². The Morgan fingerprint density at radius 3 is 2.60 bits per heavy atom. The normalized spacial score (nSPS) is 10.6. The third-order valence-corrected chi connectivity index (χ3v) is 3.65. The molecule has 0 unspecified atom stereocenters. The van der Waals surface area contributed by atoms with E-state index in [0.717, 1.165) is 11.1 Å². The summed E-state index contributed by atoms with van der Waals surface area (Å²) in [5.41, 5.74) is 1.88. The van der Waals surface area contributed by atoms with Gasteiger partial charge >= 0.3 is 0 Å². The molecule has 0 saturated carbocycles. The Kier molecular flexibility index (Phi) is 3.10. The van der Waals surface area contributed by atoms with E-state index < -0.39 is 0 Å². The average molecular weight is 239 g/mol. The van der Waals surface area contributed by atoms with Crippen LogP contribution in [0.5, 0.6) is 0 Å². The topological polar surface area (TPSA) is 20.2 Å². The van der Waals surface area contributed by atoms with E-state index in [-0.39, 0.29) is 6.61 Å². The zero-order chi connectivity index (χ0) is 10.8. The number of aryl methyl sites for hydroxylation is 1. The summed E-state index contributed by atoms with van der Waals surface area (Å²) in [4.78, 5) is 2.49. The SMILES string of the molecule is Cc1ccc(-c2ccc(CO)c(Cl)c2)s1. The average Bonchev–Trinajstić information content (AvgIpc) is 2.65. The van der Waals surface area contributed by atoms with Crippen molar-refractivity contribution in [1.82, 2.24) is 0 Å². The Bertz CT molecular complexity index is 476. The largest absolute Gasteiger partial charge is 0.392 e. The first-order valence-corrected chi connectivity index (χ1v) is 5.86. The molecule has 1 aromatic heterocycles. The zero-order valence-corrected chi connectivity index (χ0v) is 9.90. The van der Waals surface area contributed by atoms with Crippen LogP contribution in [-0.4, -0.2) is 5.11 Å². The molecule has 0 aliphatic carbocycles. The minimum atomic E-state index is -0.0113. The molecular weight excluding hydrogens is 228 g/mol. The molecule has 1 nitrogen and oxygen atoms in total. The Morgan fingerprint density at radius 2 is 2.07 bits per heavy atom. The number of hydrogen-bond donors (Lipinski definition) is 1. The van der Waals surface area contributed by atoms with Gasteiger partial charge in [0.1, 0.15) is 0 Å². The molecule has 0 saturated heterocycles. The van der Waals surface area contributed by atoms with Crippen molar-refractivity contribution < 1.29 is 5.11 Å². The highest BCUT2D eigenvalue weighted by atomic mass is 35.5. The number of hydrogen-bond acceptors (Lipinski definition) is 2. The maximum atomic E-state index is 9.00. The summed E-state index contributed by atoms with van der Waals surface area (Å²) >= 11 is 7.77. The fraction of sp³-hybridized carbons (Fsp3) is 0.167. The number of aliphatic hydroxyl groups is 1. The smallest absolute Gasteiger partial charge is 0.0696 e. The Balaban J connectivity index is 2.42. The van der Waals surface area contributed by atoms with Gasteiger partial charge in [0.25, 0.3) is 0 Å². The van der Waals surface area contributed by atoms with Crippen LogP contribution in [0.2, 0.25) is 5.02 Å². The van der Waals surface area contributed by atoms with Crippen LogP contribution in [0.15, 0.2) is 30.3 Å². The summed E-state index contributed by atoms with van der Waals surface area (Å²) in [6, 6.07) is 9.94. The molecule has 0 fully saturated rings. The van der Waals surface area contributed by atoms with Crippen LogP contribution in [-0.2, 0) is 6.61 Å². The van der Waals surface area contributed by atoms with Crippen molar-refractivity contribution >= 4 is 22.9 Å². The first-order chi connectivity index (χ1) is 7.20. The Labute approximate surface area is 98.0 Å². The molecule has 0 bridgehead atoms. The standard InChI is InChI=1S/C12H11ClOS/c1-8-2-5-12(15-8)9-3-4-10(7-14)11(13)6-9/h2-6,14H,7H2,1H3. The van der Waals surface area contributed by atoms with Crippen LogP contribution in [0.4, 0.5) is 0 Å². The molecule has 0 amide bonds. The molecule has 1 aromatic carbocycles. The van der Waals surface area contributed by atoms with Gasteiger partial charge in [-0.05, 0) is 36.2 Å². The van der Waals surface area contributed by atoms with Gasteiger partial charge in [-0.15, -0.1) is 11.3 Å². The van der Waals surface area contributed by atoms with Crippen molar-refractivity contribution in [3.63, 3.8) is 0 Å². The number of halogens is 1. The molecular formula is C12H11ClOS. The van der Waals surface area contributed by atoms with E-state index >= 15 is 0 Å². The van der Waals surface area contributed by atoms with Crippen molar-refractivity contribution in [2.45, 2.75) is 13.5 Å². The lowest BCUT2D eigenvalue weighted by Crippen LogP contribution is -1.84. The molecule has 2 aromatic rings. The molecule has 0 spiro atoms. The number of aliphatic hydroxyl groups excluding tert-OH is 1. The summed E-state index contributed by atoms with van der Waals surface area (Å²) in [6.07, 6.45) is 0. The summed E-state index contributed by atoms with van der Waals surface area (Å²) in [6.45, 7) is 2.07. The maximum absolute atomic E-state index is 9.00. The van der Waals surface area contributed by atoms with Crippen LogP contribution >= 0.6 is 22.9 Å². The first-order valence-electron chi connectivity index (χ1n) is 4.67. The van der Waals surface area contributed by atoms with E-state index in [1.807, 2.05) is 18.2 Å². The highest BCUT2D eigenvalue weighted by molar-refractivity contribution is 7.15. The van der Waals surface area contributed by atoms with E-state index in [4.69, 9.17) is 16.7 Å². The lowest BCUT2D eigenvalue weighted by atomic mass is 10.1. The monoisotopic (exact) mass is 238 g/mol. The lowest BCUT2D eigenvalue weighted by Gasteiger charge is -2.02. The van der Waals surface area contributed by atoms with Crippen molar-refractivity contribution in [1.29, 1.82) is 0 Å². The second-order valence-corrected chi connectivity index (χ2v) is 5.07. The number of benzene rings is 1. The Morgan fingerprint density at radius 1 is 1.27 bits per heavy atom. The minimum absolute atomic E-state index is 0.0113. The molecule has 2 rings (SSSR count). The molecule has 0 radical (unpaired) electrons. The Hall–Kier alpha value is -0.830. The lowest BCUT2D eigenvalue weighted by molar-refractivity contribution is 0.282. The van der Waals surface area contributed by atoms with Gasteiger partial charge in [0.05, 0.1) is 6.61 Å². The van der Waals surface area contributed by atoms with Gasteiger partial charge in [0.15, 0.2) is 0 Å². The van der Waals surface area contributed by atoms with Crippen LogP contribution in [0.25, 0.3) is 10.4 Å². The van der Waals surface area contributed by atoms with E-state index in [1.165, 1.54) is 9.75 Å². The van der Waals surface area contributed by atoms with Gasteiger partial charge in [-0.2, -0.15) is 0 Å². The quantitative estimate of drug-likeness (QED) is 0.842. The third kappa shape index (κ3) is 2.23. The summed E-state index contributed by atoms with van der Waals surface area (Å²) in [7, 11) is 0. The van der Waals surface area contributed by atoms with Crippen LogP contribution in [0.1, 0.15) is 10.4 Å². The summed E-state index contributed by atoms with van der Waals surface area (Å²) in [5, 5.41) is 9.63. The highest BCUT2D eigenvalue weighted by Crippen LogP contribution is 2.30. The van der Waals surface area contributed by atoms with Gasteiger partial charge in [0, 0.05) is 14.8 Å². The molecule has 15 heavy (non-hydrogen) atoms. The maximum Gasteiger partial charge on any atom is 0.0696 e. The minimum Gasteiger partial charge on any atom is -0.392 e.